The van der Waals surface area contributed by atoms with E-state index in [1.165, 1.54) is 6.92 Å². The Balaban J connectivity index is 1.82. The SMILES string of the molecule is CC(=O)OCC1CC2CC1CC2OC(=O)C(C)(C)C. The van der Waals surface area contributed by atoms with E-state index in [4.69, 9.17) is 9.47 Å². The van der Waals surface area contributed by atoms with Crippen LogP contribution in [-0.4, -0.2) is 24.6 Å². The lowest BCUT2D eigenvalue weighted by Crippen LogP contribution is -2.33. The number of fused-ring (bicyclic) bond motifs is 2. The highest BCUT2D eigenvalue weighted by Crippen LogP contribution is 2.50. The summed E-state index contributed by atoms with van der Waals surface area (Å²) >= 11 is 0. The first-order valence-electron chi connectivity index (χ1n) is 7.12. The van der Waals surface area contributed by atoms with Crippen molar-refractivity contribution >= 4 is 11.9 Å². The first-order chi connectivity index (χ1) is 8.77. The summed E-state index contributed by atoms with van der Waals surface area (Å²) in [7, 11) is 0. The quantitative estimate of drug-likeness (QED) is 0.738. The molecule has 0 aromatic rings. The maximum absolute atomic E-state index is 11.9. The third-order valence-corrected chi connectivity index (χ3v) is 4.31. The third-order valence-electron chi connectivity index (χ3n) is 4.31. The summed E-state index contributed by atoms with van der Waals surface area (Å²) in [5, 5.41) is 0. The largest absolute Gasteiger partial charge is 0.466 e. The second kappa shape index (κ2) is 5.14. The van der Waals surface area contributed by atoms with Gasteiger partial charge in [-0.2, -0.15) is 0 Å². The van der Waals surface area contributed by atoms with Crippen molar-refractivity contribution in [3.05, 3.63) is 0 Å². The molecular formula is C15H24O4. The van der Waals surface area contributed by atoms with Gasteiger partial charge in [-0.05, 0) is 57.8 Å². The molecule has 4 unspecified atom stereocenters. The van der Waals surface area contributed by atoms with Gasteiger partial charge in [0.25, 0.3) is 0 Å². The molecule has 0 aromatic carbocycles. The molecule has 0 radical (unpaired) electrons. The van der Waals surface area contributed by atoms with E-state index in [0.29, 0.717) is 24.4 Å². The Morgan fingerprint density at radius 3 is 2.26 bits per heavy atom. The molecule has 4 heteroatoms. The number of rotatable bonds is 3. The summed E-state index contributed by atoms with van der Waals surface area (Å²) in [6, 6.07) is 0. The molecule has 0 saturated heterocycles. The number of hydrogen-bond donors (Lipinski definition) is 0. The van der Waals surface area contributed by atoms with Crippen molar-refractivity contribution in [2.24, 2.45) is 23.2 Å². The van der Waals surface area contributed by atoms with E-state index in [1.807, 2.05) is 20.8 Å². The van der Waals surface area contributed by atoms with Crippen LogP contribution in [0.15, 0.2) is 0 Å². The smallest absolute Gasteiger partial charge is 0.311 e. The maximum atomic E-state index is 11.9. The van der Waals surface area contributed by atoms with Gasteiger partial charge < -0.3 is 9.47 Å². The fourth-order valence-corrected chi connectivity index (χ4v) is 3.23. The van der Waals surface area contributed by atoms with Crippen molar-refractivity contribution in [1.29, 1.82) is 0 Å². The average Bonchev–Trinajstić information content (AvgIpc) is 2.84. The van der Waals surface area contributed by atoms with Crippen molar-refractivity contribution in [1.82, 2.24) is 0 Å². The molecule has 19 heavy (non-hydrogen) atoms. The van der Waals surface area contributed by atoms with Crippen molar-refractivity contribution in [3.63, 3.8) is 0 Å². The molecule has 0 aliphatic heterocycles. The van der Waals surface area contributed by atoms with Gasteiger partial charge in [0.15, 0.2) is 0 Å². The maximum Gasteiger partial charge on any atom is 0.311 e. The summed E-state index contributed by atoms with van der Waals surface area (Å²) in [5.74, 6) is 1.14. The number of carbonyl (C=O) groups is 2. The van der Waals surface area contributed by atoms with E-state index in [0.717, 1.165) is 19.3 Å². The molecule has 108 valence electrons. The van der Waals surface area contributed by atoms with Gasteiger partial charge in [0, 0.05) is 6.92 Å². The zero-order valence-corrected chi connectivity index (χ0v) is 12.3. The average molecular weight is 268 g/mol. The summed E-state index contributed by atoms with van der Waals surface area (Å²) in [4.78, 5) is 22.7. The monoisotopic (exact) mass is 268 g/mol. The van der Waals surface area contributed by atoms with Gasteiger partial charge in [-0.25, -0.2) is 0 Å². The van der Waals surface area contributed by atoms with E-state index in [9.17, 15) is 9.59 Å². The first-order valence-corrected chi connectivity index (χ1v) is 7.12. The predicted molar refractivity (Wildman–Crippen MR) is 70.3 cm³/mol. The van der Waals surface area contributed by atoms with Crippen molar-refractivity contribution in [3.8, 4) is 0 Å². The van der Waals surface area contributed by atoms with E-state index >= 15 is 0 Å². The van der Waals surface area contributed by atoms with Gasteiger partial charge in [0.2, 0.25) is 0 Å². The minimum absolute atomic E-state index is 0.0744. The lowest BCUT2D eigenvalue weighted by atomic mass is 9.87. The lowest BCUT2D eigenvalue weighted by molar-refractivity contribution is -0.161. The van der Waals surface area contributed by atoms with Crippen LogP contribution < -0.4 is 0 Å². The van der Waals surface area contributed by atoms with E-state index < -0.39 is 5.41 Å². The van der Waals surface area contributed by atoms with Gasteiger partial charge >= 0.3 is 11.9 Å². The Hall–Kier alpha value is -1.06. The van der Waals surface area contributed by atoms with E-state index in [2.05, 4.69) is 0 Å². The fourth-order valence-electron chi connectivity index (χ4n) is 3.23. The Morgan fingerprint density at radius 1 is 1.11 bits per heavy atom. The zero-order chi connectivity index (χ0) is 14.2. The van der Waals surface area contributed by atoms with Crippen molar-refractivity contribution in [2.45, 2.75) is 53.1 Å². The first kappa shape index (κ1) is 14.4. The number of ether oxygens (including phenoxy) is 2. The standard InChI is InChI=1S/C15H24O4/c1-9(16)18-8-12-6-11-5-10(12)7-13(11)19-14(17)15(2,3)4/h10-13H,5-8H2,1-4H3. The Labute approximate surface area is 114 Å². The zero-order valence-electron chi connectivity index (χ0n) is 12.3. The van der Waals surface area contributed by atoms with Gasteiger partial charge in [-0.1, -0.05) is 0 Å². The molecule has 4 atom stereocenters. The summed E-state index contributed by atoms with van der Waals surface area (Å²) in [5.41, 5.74) is -0.432. The van der Waals surface area contributed by atoms with Crippen molar-refractivity contribution < 1.29 is 19.1 Å². The lowest BCUT2D eigenvalue weighted by Gasteiger charge is -2.29. The second-order valence-electron chi connectivity index (χ2n) is 6.98. The number of carbonyl (C=O) groups excluding carboxylic acids is 2. The minimum Gasteiger partial charge on any atom is -0.466 e. The fraction of sp³-hybridized carbons (Fsp3) is 0.867. The van der Waals surface area contributed by atoms with Crippen LogP contribution in [0.1, 0.15) is 47.0 Å². The third kappa shape index (κ3) is 3.28. The predicted octanol–water partition coefficient (Wildman–Crippen LogP) is 2.55. The number of hydrogen-bond acceptors (Lipinski definition) is 4. The van der Waals surface area contributed by atoms with Gasteiger partial charge in [0.1, 0.15) is 6.10 Å². The molecule has 2 rings (SSSR count). The van der Waals surface area contributed by atoms with Crippen LogP contribution in [0, 0.1) is 23.2 Å². The van der Waals surface area contributed by atoms with E-state index in [-0.39, 0.29) is 18.0 Å². The molecule has 2 saturated carbocycles. The van der Waals surface area contributed by atoms with Gasteiger partial charge in [-0.3, -0.25) is 9.59 Å². The minimum atomic E-state index is -0.432. The second-order valence-corrected chi connectivity index (χ2v) is 6.98. The molecule has 0 N–H and O–H groups in total. The molecule has 4 nitrogen and oxygen atoms in total. The topological polar surface area (TPSA) is 52.6 Å². The van der Waals surface area contributed by atoms with Gasteiger partial charge in [-0.15, -0.1) is 0 Å². The summed E-state index contributed by atoms with van der Waals surface area (Å²) in [6.45, 7) is 7.61. The highest BCUT2D eigenvalue weighted by molar-refractivity contribution is 5.75. The van der Waals surface area contributed by atoms with Crippen LogP contribution in [0.5, 0.6) is 0 Å². The molecule has 0 aromatic heterocycles. The van der Waals surface area contributed by atoms with Gasteiger partial charge in [0.05, 0.1) is 12.0 Å². The molecule has 2 bridgehead atoms. The Morgan fingerprint density at radius 2 is 1.79 bits per heavy atom. The number of esters is 2. The Bertz CT molecular complexity index is 369. The summed E-state index contributed by atoms with van der Waals surface area (Å²) < 4.78 is 10.7. The highest BCUT2D eigenvalue weighted by atomic mass is 16.5. The van der Waals surface area contributed by atoms with Crippen LogP contribution in [0.3, 0.4) is 0 Å². The molecule has 0 amide bonds. The van der Waals surface area contributed by atoms with Crippen LogP contribution >= 0.6 is 0 Å². The molecule has 0 spiro atoms. The highest BCUT2D eigenvalue weighted by Gasteiger charge is 2.48. The Kier molecular flexibility index (Phi) is 3.88. The van der Waals surface area contributed by atoms with Crippen molar-refractivity contribution in [2.75, 3.05) is 6.61 Å². The normalized spacial score (nSPS) is 33.3. The summed E-state index contributed by atoms with van der Waals surface area (Å²) in [6.07, 6.45) is 3.12. The molecule has 0 heterocycles. The van der Waals surface area contributed by atoms with Crippen LogP contribution in [0.4, 0.5) is 0 Å². The molecule has 2 aliphatic rings. The molecular weight excluding hydrogens is 244 g/mol. The molecule has 2 aliphatic carbocycles. The van der Waals surface area contributed by atoms with Crippen LogP contribution in [-0.2, 0) is 19.1 Å². The molecule has 2 fully saturated rings. The van der Waals surface area contributed by atoms with Crippen LogP contribution in [0.25, 0.3) is 0 Å². The van der Waals surface area contributed by atoms with Crippen LogP contribution in [0.2, 0.25) is 0 Å². The van der Waals surface area contributed by atoms with E-state index in [1.54, 1.807) is 0 Å².